The summed E-state index contributed by atoms with van der Waals surface area (Å²) in [5.74, 6) is 0. The summed E-state index contributed by atoms with van der Waals surface area (Å²) >= 11 is 11.2. The molecule has 0 aliphatic carbocycles. The first-order chi connectivity index (χ1) is 3.80. The molecule has 0 radical (unpaired) electrons. The summed E-state index contributed by atoms with van der Waals surface area (Å²) in [6.07, 6.45) is 0. The Hall–Kier alpha value is -0.135. The van der Waals surface area contributed by atoms with E-state index in [9.17, 15) is 0 Å². The van der Waals surface area contributed by atoms with E-state index in [1.807, 2.05) is 12.1 Å². The van der Waals surface area contributed by atoms with Crippen molar-refractivity contribution >= 4 is 31.6 Å². The SMILES string of the molecule is B.Clc1ccccc1Cl. The van der Waals surface area contributed by atoms with Gasteiger partial charge in [-0.05, 0) is 12.1 Å². The van der Waals surface area contributed by atoms with Crippen molar-refractivity contribution in [3.05, 3.63) is 34.3 Å². The zero-order chi connectivity index (χ0) is 5.98. The monoisotopic (exact) mass is 160 g/mol. The average Bonchev–Trinajstić information content (AvgIpc) is 1.77. The lowest BCUT2D eigenvalue weighted by atomic mass is 10.4. The number of hydrogen-bond acceptors (Lipinski definition) is 0. The average molecular weight is 161 g/mol. The highest BCUT2D eigenvalue weighted by Crippen LogP contribution is 2.19. The van der Waals surface area contributed by atoms with Crippen molar-refractivity contribution in [1.29, 1.82) is 0 Å². The van der Waals surface area contributed by atoms with Gasteiger partial charge < -0.3 is 0 Å². The van der Waals surface area contributed by atoms with Crippen LogP contribution in [0.5, 0.6) is 0 Å². The first-order valence-corrected chi connectivity index (χ1v) is 2.96. The molecule has 0 atom stereocenters. The van der Waals surface area contributed by atoms with Gasteiger partial charge in [-0.25, -0.2) is 0 Å². The van der Waals surface area contributed by atoms with Crippen LogP contribution in [0.4, 0.5) is 0 Å². The molecule has 0 saturated carbocycles. The van der Waals surface area contributed by atoms with Crippen molar-refractivity contribution in [2.24, 2.45) is 0 Å². The van der Waals surface area contributed by atoms with Crippen LogP contribution < -0.4 is 0 Å². The number of halogens is 2. The van der Waals surface area contributed by atoms with Crippen LogP contribution in [-0.2, 0) is 0 Å². The molecule has 3 heteroatoms. The van der Waals surface area contributed by atoms with Gasteiger partial charge in [0.1, 0.15) is 0 Å². The van der Waals surface area contributed by atoms with E-state index in [2.05, 4.69) is 0 Å². The van der Waals surface area contributed by atoms with Gasteiger partial charge in [0.25, 0.3) is 0 Å². The van der Waals surface area contributed by atoms with E-state index in [1.54, 1.807) is 12.1 Å². The van der Waals surface area contributed by atoms with Crippen molar-refractivity contribution in [2.75, 3.05) is 0 Å². The smallest absolute Gasteiger partial charge is 0.0814 e. The molecule has 0 bridgehead atoms. The summed E-state index contributed by atoms with van der Waals surface area (Å²) in [5, 5.41) is 1.21. The molecule has 0 aliphatic heterocycles. The zero-order valence-electron chi connectivity index (χ0n) is 4.07. The van der Waals surface area contributed by atoms with Crippen molar-refractivity contribution in [1.82, 2.24) is 0 Å². The summed E-state index contributed by atoms with van der Waals surface area (Å²) in [6, 6.07) is 7.19. The molecule has 0 spiro atoms. The molecule has 1 aromatic rings. The summed E-state index contributed by atoms with van der Waals surface area (Å²) in [7, 11) is 0. The molecular weight excluding hydrogens is 154 g/mol. The first-order valence-electron chi connectivity index (χ1n) is 2.21. The molecule has 0 heterocycles. The minimum atomic E-state index is 0. The van der Waals surface area contributed by atoms with Gasteiger partial charge in [-0.15, -0.1) is 0 Å². The van der Waals surface area contributed by atoms with Crippen LogP contribution in [0.15, 0.2) is 24.3 Å². The van der Waals surface area contributed by atoms with E-state index >= 15 is 0 Å². The Kier molecular flexibility index (Phi) is 3.75. The molecule has 1 aromatic carbocycles. The van der Waals surface area contributed by atoms with Crippen LogP contribution in [0, 0.1) is 0 Å². The van der Waals surface area contributed by atoms with Crippen LogP contribution in [0.3, 0.4) is 0 Å². The fourth-order valence-corrected chi connectivity index (χ4v) is 0.711. The highest BCUT2D eigenvalue weighted by atomic mass is 35.5. The van der Waals surface area contributed by atoms with Gasteiger partial charge in [-0.1, -0.05) is 35.3 Å². The summed E-state index contributed by atoms with van der Waals surface area (Å²) < 4.78 is 0. The number of rotatable bonds is 0. The molecule has 0 N–H and O–H groups in total. The maximum atomic E-state index is 5.58. The van der Waals surface area contributed by atoms with Crippen molar-refractivity contribution in [3.63, 3.8) is 0 Å². The molecular formula is C6H7BCl2. The van der Waals surface area contributed by atoms with E-state index in [1.165, 1.54) is 0 Å². The third-order valence-corrected chi connectivity index (χ3v) is 1.58. The minimum absolute atomic E-state index is 0. The summed E-state index contributed by atoms with van der Waals surface area (Å²) in [5.41, 5.74) is 0. The van der Waals surface area contributed by atoms with Crippen LogP contribution in [0.25, 0.3) is 0 Å². The first kappa shape index (κ1) is 8.86. The van der Waals surface area contributed by atoms with Gasteiger partial charge in [-0.2, -0.15) is 0 Å². The van der Waals surface area contributed by atoms with Gasteiger partial charge in [-0.3, -0.25) is 0 Å². The van der Waals surface area contributed by atoms with Gasteiger partial charge >= 0.3 is 0 Å². The Morgan fingerprint density at radius 2 is 1.22 bits per heavy atom. The van der Waals surface area contributed by atoms with E-state index in [0.29, 0.717) is 10.0 Å². The van der Waals surface area contributed by atoms with Gasteiger partial charge in [0, 0.05) is 0 Å². The Morgan fingerprint density at radius 3 is 1.44 bits per heavy atom. The topological polar surface area (TPSA) is 0 Å². The van der Waals surface area contributed by atoms with E-state index in [0.717, 1.165) is 0 Å². The normalized spacial score (nSPS) is 8.22. The Morgan fingerprint density at radius 1 is 0.889 bits per heavy atom. The van der Waals surface area contributed by atoms with Gasteiger partial charge in [0.2, 0.25) is 0 Å². The van der Waals surface area contributed by atoms with Crippen LogP contribution in [0.2, 0.25) is 10.0 Å². The van der Waals surface area contributed by atoms with E-state index in [4.69, 9.17) is 23.2 Å². The van der Waals surface area contributed by atoms with Gasteiger partial charge in [0.15, 0.2) is 0 Å². The maximum Gasteiger partial charge on any atom is 0.0814 e. The largest absolute Gasteiger partial charge is 0.0827 e. The van der Waals surface area contributed by atoms with Crippen LogP contribution >= 0.6 is 23.2 Å². The maximum absolute atomic E-state index is 5.58. The third-order valence-electron chi connectivity index (χ3n) is 0.824. The third kappa shape index (κ3) is 2.29. The second kappa shape index (κ2) is 3.81. The second-order valence-corrected chi connectivity index (χ2v) is 2.23. The van der Waals surface area contributed by atoms with Crippen LogP contribution in [-0.4, -0.2) is 8.41 Å². The molecule has 48 valence electrons. The fraction of sp³-hybridized carbons (Fsp3) is 0. The molecule has 0 saturated heterocycles. The Balaban J connectivity index is 0.000000640. The Bertz CT molecular complexity index is 167. The molecule has 0 unspecified atom stereocenters. The highest BCUT2D eigenvalue weighted by Gasteiger charge is 1.89. The quantitative estimate of drug-likeness (QED) is 0.508. The fourth-order valence-electron chi connectivity index (χ4n) is 0.439. The van der Waals surface area contributed by atoms with E-state index in [-0.39, 0.29) is 8.41 Å². The molecule has 0 amide bonds. The summed E-state index contributed by atoms with van der Waals surface area (Å²) in [6.45, 7) is 0. The number of hydrogen-bond donors (Lipinski definition) is 0. The lowest BCUT2D eigenvalue weighted by Gasteiger charge is -1.88. The lowest BCUT2D eigenvalue weighted by molar-refractivity contribution is 1.71. The summed E-state index contributed by atoms with van der Waals surface area (Å²) in [4.78, 5) is 0. The molecule has 1 rings (SSSR count). The molecule has 9 heavy (non-hydrogen) atoms. The number of benzene rings is 1. The lowest BCUT2D eigenvalue weighted by Crippen LogP contribution is -1.62. The zero-order valence-corrected chi connectivity index (χ0v) is 5.58. The second-order valence-electron chi connectivity index (χ2n) is 1.41. The molecule has 0 nitrogen and oxygen atoms in total. The molecule has 0 fully saturated rings. The van der Waals surface area contributed by atoms with Gasteiger partial charge in [0.05, 0.1) is 18.5 Å². The predicted molar refractivity (Wildman–Crippen MR) is 46.4 cm³/mol. The van der Waals surface area contributed by atoms with Crippen molar-refractivity contribution in [2.45, 2.75) is 0 Å². The Labute approximate surface area is 66.4 Å². The molecule has 0 aliphatic rings. The minimum Gasteiger partial charge on any atom is -0.0827 e. The predicted octanol–water partition coefficient (Wildman–Crippen LogP) is 1.81. The standard InChI is InChI=1S/C6H4Cl2.BH3/c7-5-3-1-2-4-6(5)8;/h1-4H;1H3. The van der Waals surface area contributed by atoms with E-state index < -0.39 is 0 Å². The van der Waals surface area contributed by atoms with Crippen molar-refractivity contribution in [3.8, 4) is 0 Å². The molecule has 0 aromatic heterocycles. The van der Waals surface area contributed by atoms with Crippen molar-refractivity contribution < 1.29 is 0 Å². The van der Waals surface area contributed by atoms with Crippen LogP contribution in [0.1, 0.15) is 0 Å². The highest BCUT2D eigenvalue weighted by molar-refractivity contribution is 6.41.